The zero-order valence-electron chi connectivity index (χ0n) is 8.90. The summed E-state index contributed by atoms with van der Waals surface area (Å²) in [7, 11) is 3.93. The Hall–Kier alpha value is -0.0800. The van der Waals surface area contributed by atoms with E-state index in [1.165, 1.54) is 24.2 Å². The average molecular weight is 226 g/mol. The highest BCUT2D eigenvalue weighted by atomic mass is 33.1. The second-order valence-electron chi connectivity index (χ2n) is 3.31. The highest BCUT2D eigenvalue weighted by molar-refractivity contribution is 8.76. The van der Waals surface area contributed by atoms with E-state index in [9.17, 15) is 0 Å². The maximum atomic E-state index is 2.28. The smallest absolute Gasteiger partial charge is 0.0182 e. The molecule has 0 saturated carbocycles. The molecule has 2 heteroatoms. The molecule has 1 aromatic carbocycles. The lowest BCUT2D eigenvalue weighted by molar-refractivity contribution is 0.723. The highest BCUT2D eigenvalue weighted by Gasteiger charge is 2.06. The number of hydrogen-bond donors (Lipinski definition) is 0. The van der Waals surface area contributed by atoms with Crippen LogP contribution in [0.15, 0.2) is 35.2 Å². The molecular weight excluding hydrogens is 208 g/mol. The molecule has 0 spiro atoms. The minimum atomic E-state index is 0.810. The van der Waals surface area contributed by atoms with Gasteiger partial charge in [-0.15, -0.1) is 0 Å². The van der Waals surface area contributed by atoms with Crippen molar-refractivity contribution in [2.75, 3.05) is 0 Å². The van der Waals surface area contributed by atoms with Gasteiger partial charge in [0.25, 0.3) is 0 Å². The van der Waals surface area contributed by atoms with E-state index in [1.807, 2.05) is 21.6 Å². The first-order chi connectivity index (χ1) is 6.86. The molecule has 0 saturated heterocycles. The standard InChI is InChI=1S/C12H18S2/c1-3-8-11(4-2)13-14-12-9-6-5-7-10-12/h5-7,9-11H,3-4,8H2,1-2H3. The molecule has 0 aliphatic carbocycles. The molecule has 0 radical (unpaired) electrons. The Morgan fingerprint density at radius 1 is 1.14 bits per heavy atom. The zero-order valence-corrected chi connectivity index (χ0v) is 10.5. The first-order valence-corrected chi connectivity index (χ1v) is 7.46. The fourth-order valence-electron chi connectivity index (χ4n) is 1.24. The van der Waals surface area contributed by atoms with Crippen molar-refractivity contribution in [3.8, 4) is 0 Å². The van der Waals surface area contributed by atoms with Gasteiger partial charge in [0.15, 0.2) is 0 Å². The molecule has 0 aromatic heterocycles. The van der Waals surface area contributed by atoms with Gasteiger partial charge >= 0.3 is 0 Å². The zero-order chi connectivity index (χ0) is 10.2. The van der Waals surface area contributed by atoms with Crippen LogP contribution in [0.5, 0.6) is 0 Å². The molecule has 0 nitrogen and oxygen atoms in total. The number of rotatable bonds is 6. The van der Waals surface area contributed by atoms with Crippen LogP contribution in [0.4, 0.5) is 0 Å². The van der Waals surface area contributed by atoms with Crippen LogP contribution >= 0.6 is 21.6 Å². The van der Waals surface area contributed by atoms with E-state index in [-0.39, 0.29) is 0 Å². The van der Waals surface area contributed by atoms with Crippen molar-refractivity contribution in [1.29, 1.82) is 0 Å². The molecule has 0 aliphatic heterocycles. The third-order valence-electron chi connectivity index (χ3n) is 2.09. The normalized spacial score (nSPS) is 12.7. The lowest BCUT2D eigenvalue weighted by Gasteiger charge is -2.11. The first-order valence-electron chi connectivity index (χ1n) is 5.25. The second-order valence-corrected chi connectivity index (χ2v) is 5.89. The summed E-state index contributed by atoms with van der Waals surface area (Å²) in [5.74, 6) is 0. The van der Waals surface area contributed by atoms with Crippen molar-refractivity contribution < 1.29 is 0 Å². The number of hydrogen-bond acceptors (Lipinski definition) is 2. The summed E-state index contributed by atoms with van der Waals surface area (Å²) in [5.41, 5.74) is 0. The van der Waals surface area contributed by atoms with Gasteiger partial charge < -0.3 is 0 Å². The molecule has 0 N–H and O–H groups in total. The van der Waals surface area contributed by atoms with Crippen molar-refractivity contribution in [1.82, 2.24) is 0 Å². The second kappa shape index (κ2) is 7.24. The molecular formula is C12H18S2. The molecule has 1 aromatic rings. The topological polar surface area (TPSA) is 0 Å². The quantitative estimate of drug-likeness (QED) is 0.626. The van der Waals surface area contributed by atoms with Gasteiger partial charge in [0.2, 0.25) is 0 Å². The van der Waals surface area contributed by atoms with Crippen molar-refractivity contribution in [3.05, 3.63) is 30.3 Å². The van der Waals surface area contributed by atoms with Gasteiger partial charge in [0.05, 0.1) is 0 Å². The van der Waals surface area contributed by atoms with Gasteiger partial charge in [0.1, 0.15) is 0 Å². The maximum absolute atomic E-state index is 2.28. The summed E-state index contributed by atoms with van der Waals surface area (Å²) >= 11 is 0. The van der Waals surface area contributed by atoms with Crippen LogP contribution < -0.4 is 0 Å². The van der Waals surface area contributed by atoms with Crippen LogP contribution in [0.1, 0.15) is 33.1 Å². The average Bonchev–Trinajstić information content (AvgIpc) is 2.25. The van der Waals surface area contributed by atoms with Crippen molar-refractivity contribution >= 4 is 21.6 Å². The summed E-state index contributed by atoms with van der Waals surface area (Å²) in [6, 6.07) is 10.6. The van der Waals surface area contributed by atoms with Crippen molar-refractivity contribution in [3.63, 3.8) is 0 Å². The minimum absolute atomic E-state index is 0.810. The maximum Gasteiger partial charge on any atom is 0.0182 e. The van der Waals surface area contributed by atoms with E-state index in [0.29, 0.717) is 0 Å². The fourth-order valence-corrected chi connectivity index (χ4v) is 4.00. The fraction of sp³-hybridized carbons (Fsp3) is 0.500. The predicted molar refractivity (Wildman–Crippen MR) is 68.9 cm³/mol. The van der Waals surface area contributed by atoms with E-state index in [0.717, 1.165) is 5.25 Å². The lowest BCUT2D eigenvalue weighted by Crippen LogP contribution is -1.96. The Labute approximate surface area is 95.3 Å². The molecule has 1 rings (SSSR count). The molecule has 1 atom stereocenters. The van der Waals surface area contributed by atoms with Crippen LogP contribution in [0.3, 0.4) is 0 Å². The van der Waals surface area contributed by atoms with E-state index in [1.54, 1.807) is 0 Å². The van der Waals surface area contributed by atoms with E-state index in [2.05, 4.69) is 44.2 Å². The van der Waals surface area contributed by atoms with Crippen molar-refractivity contribution in [2.45, 2.75) is 43.3 Å². The van der Waals surface area contributed by atoms with Crippen LogP contribution in [0, 0.1) is 0 Å². The Morgan fingerprint density at radius 2 is 1.86 bits per heavy atom. The van der Waals surface area contributed by atoms with Crippen molar-refractivity contribution in [2.24, 2.45) is 0 Å². The van der Waals surface area contributed by atoms with Gasteiger partial charge in [-0.2, -0.15) is 0 Å². The SMILES string of the molecule is CCCC(CC)SSc1ccccc1. The summed E-state index contributed by atoms with van der Waals surface area (Å²) < 4.78 is 0. The van der Waals surface area contributed by atoms with Crippen LogP contribution in [0.25, 0.3) is 0 Å². The Balaban J connectivity index is 2.32. The van der Waals surface area contributed by atoms with E-state index < -0.39 is 0 Å². The van der Waals surface area contributed by atoms with E-state index in [4.69, 9.17) is 0 Å². The van der Waals surface area contributed by atoms with Gasteiger partial charge in [-0.25, -0.2) is 0 Å². The lowest BCUT2D eigenvalue weighted by atomic mass is 10.2. The molecule has 0 fully saturated rings. The monoisotopic (exact) mass is 226 g/mol. The highest BCUT2D eigenvalue weighted by Crippen LogP contribution is 2.37. The molecule has 0 heterocycles. The molecule has 0 bridgehead atoms. The molecule has 78 valence electrons. The molecule has 1 unspecified atom stereocenters. The summed E-state index contributed by atoms with van der Waals surface area (Å²) in [5, 5.41) is 0.810. The molecule has 14 heavy (non-hydrogen) atoms. The van der Waals surface area contributed by atoms with Gasteiger partial charge in [0, 0.05) is 10.1 Å². The van der Waals surface area contributed by atoms with Gasteiger partial charge in [-0.1, -0.05) is 60.1 Å². The van der Waals surface area contributed by atoms with Gasteiger partial charge in [-0.3, -0.25) is 0 Å². The summed E-state index contributed by atoms with van der Waals surface area (Å²) in [4.78, 5) is 1.37. The third kappa shape index (κ3) is 4.43. The van der Waals surface area contributed by atoms with Crippen LogP contribution in [-0.4, -0.2) is 5.25 Å². The van der Waals surface area contributed by atoms with Crippen LogP contribution in [0.2, 0.25) is 0 Å². The Morgan fingerprint density at radius 3 is 2.43 bits per heavy atom. The van der Waals surface area contributed by atoms with E-state index >= 15 is 0 Å². The minimum Gasteiger partial charge on any atom is -0.0855 e. The number of benzene rings is 1. The summed E-state index contributed by atoms with van der Waals surface area (Å²) in [6.45, 7) is 4.54. The predicted octanol–water partition coefficient (Wildman–Crippen LogP) is 5.01. The molecule has 0 amide bonds. The Bertz CT molecular complexity index is 233. The third-order valence-corrected chi connectivity index (χ3v) is 5.17. The Kier molecular flexibility index (Phi) is 6.20. The largest absolute Gasteiger partial charge is 0.0855 e. The first kappa shape index (κ1) is 12.0. The molecule has 0 aliphatic rings. The van der Waals surface area contributed by atoms with Gasteiger partial charge in [-0.05, 0) is 25.0 Å². The van der Waals surface area contributed by atoms with Crippen LogP contribution in [-0.2, 0) is 0 Å². The summed E-state index contributed by atoms with van der Waals surface area (Å²) in [6.07, 6.45) is 3.90.